The van der Waals surface area contributed by atoms with Gasteiger partial charge in [-0.05, 0) is 48.1 Å². The van der Waals surface area contributed by atoms with Crippen molar-refractivity contribution in [1.29, 1.82) is 0 Å². The van der Waals surface area contributed by atoms with Gasteiger partial charge in [-0.1, -0.05) is 64.1 Å². The van der Waals surface area contributed by atoms with Gasteiger partial charge in [0.25, 0.3) is 11.8 Å². The molecule has 1 aliphatic carbocycles. The summed E-state index contributed by atoms with van der Waals surface area (Å²) in [7, 11) is 1.47. The number of hydrazine groups is 1. The number of aryl methyl sites for hydroxylation is 1. The molecule has 1 atom stereocenters. The van der Waals surface area contributed by atoms with Crippen LogP contribution in [0.25, 0.3) is 0 Å². The van der Waals surface area contributed by atoms with E-state index >= 15 is 0 Å². The number of ether oxygens (including phenoxy) is 1. The van der Waals surface area contributed by atoms with Crippen LogP contribution in [0.4, 0.5) is 0 Å². The summed E-state index contributed by atoms with van der Waals surface area (Å²) in [6, 6.07) is 10.7. The standard InChI is InChI=1S/C26H31N3O3/c1-6-19-12-14-20(15-13-19)22(30)28-29(24(31)21-11-10-18-27-23(21)32-5)26(25(2,3)4)16-8-7-9-17-26/h7-16,18H,6,17H2,1-5H3,(H,28,30). The zero-order chi connectivity index (χ0) is 23.4. The van der Waals surface area contributed by atoms with Crippen molar-refractivity contribution in [2.24, 2.45) is 5.41 Å². The second kappa shape index (κ2) is 9.39. The molecule has 0 spiro atoms. The summed E-state index contributed by atoms with van der Waals surface area (Å²) in [4.78, 5) is 31.3. The Morgan fingerprint density at radius 1 is 1.16 bits per heavy atom. The van der Waals surface area contributed by atoms with Crippen molar-refractivity contribution in [1.82, 2.24) is 15.4 Å². The van der Waals surface area contributed by atoms with Gasteiger partial charge in [-0.2, -0.15) is 0 Å². The van der Waals surface area contributed by atoms with Gasteiger partial charge < -0.3 is 4.74 Å². The van der Waals surface area contributed by atoms with E-state index in [1.54, 1.807) is 30.5 Å². The fraction of sp³-hybridized carbons (Fsp3) is 0.346. The van der Waals surface area contributed by atoms with Crippen LogP contribution in [0.2, 0.25) is 0 Å². The Hall–Kier alpha value is -3.41. The fourth-order valence-corrected chi connectivity index (χ4v) is 3.89. The van der Waals surface area contributed by atoms with E-state index in [2.05, 4.69) is 38.1 Å². The lowest BCUT2D eigenvalue weighted by atomic mass is 9.69. The molecule has 6 heteroatoms. The van der Waals surface area contributed by atoms with Crippen LogP contribution in [0.5, 0.6) is 5.88 Å². The highest BCUT2D eigenvalue weighted by Gasteiger charge is 2.48. The highest BCUT2D eigenvalue weighted by Crippen LogP contribution is 2.42. The average Bonchev–Trinajstić information content (AvgIpc) is 2.81. The van der Waals surface area contributed by atoms with Gasteiger partial charge in [0.2, 0.25) is 5.88 Å². The number of nitrogens with zero attached hydrogens (tertiary/aromatic N) is 2. The molecule has 168 valence electrons. The number of amides is 2. The number of rotatable bonds is 5. The maximum Gasteiger partial charge on any atom is 0.278 e. The third-order valence-electron chi connectivity index (χ3n) is 5.98. The molecule has 0 radical (unpaired) electrons. The minimum absolute atomic E-state index is 0.212. The summed E-state index contributed by atoms with van der Waals surface area (Å²) in [5, 5.41) is 1.45. The molecule has 6 nitrogen and oxygen atoms in total. The van der Waals surface area contributed by atoms with Crippen LogP contribution in [0.3, 0.4) is 0 Å². The molecule has 0 fully saturated rings. The lowest BCUT2D eigenvalue weighted by Gasteiger charge is -2.50. The zero-order valence-electron chi connectivity index (χ0n) is 19.4. The number of methoxy groups -OCH3 is 1. The van der Waals surface area contributed by atoms with Crippen molar-refractivity contribution in [3.05, 3.63) is 83.6 Å². The maximum absolute atomic E-state index is 13.9. The van der Waals surface area contributed by atoms with Gasteiger partial charge >= 0.3 is 0 Å². The van der Waals surface area contributed by atoms with Gasteiger partial charge in [-0.25, -0.2) is 9.99 Å². The van der Waals surface area contributed by atoms with Crippen molar-refractivity contribution in [2.45, 2.75) is 46.1 Å². The van der Waals surface area contributed by atoms with Crippen LogP contribution < -0.4 is 10.2 Å². The molecule has 0 aliphatic heterocycles. The SMILES string of the molecule is CCc1ccc(C(=O)NN(C(=O)c2cccnc2OC)C2(C(C)(C)C)C=CC=CC2)cc1. The number of hydrogen-bond donors (Lipinski definition) is 1. The molecule has 1 aromatic heterocycles. The predicted molar refractivity (Wildman–Crippen MR) is 125 cm³/mol. The number of nitrogens with one attached hydrogen (secondary N) is 1. The largest absolute Gasteiger partial charge is 0.480 e. The summed E-state index contributed by atoms with van der Waals surface area (Å²) in [6.07, 6.45) is 10.9. The number of pyridine rings is 1. The minimum atomic E-state index is -0.793. The fourth-order valence-electron chi connectivity index (χ4n) is 3.89. The molecule has 2 aromatic rings. The van der Waals surface area contributed by atoms with E-state index in [1.165, 1.54) is 12.1 Å². The van der Waals surface area contributed by atoms with Crippen LogP contribution in [-0.4, -0.2) is 34.5 Å². The second-order valence-corrected chi connectivity index (χ2v) is 8.86. The smallest absolute Gasteiger partial charge is 0.278 e. The molecular weight excluding hydrogens is 402 g/mol. The Balaban J connectivity index is 2.08. The average molecular weight is 434 g/mol. The Morgan fingerprint density at radius 2 is 1.88 bits per heavy atom. The quantitative estimate of drug-likeness (QED) is 0.692. The maximum atomic E-state index is 13.9. The number of benzene rings is 1. The molecule has 1 heterocycles. The van der Waals surface area contributed by atoms with Crippen LogP contribution >= 0.6 is 0 Å². The van der Waals surface area contributed by atoms with Crippen molar-refractivity contribution in [3.63, 3.8) is 0 Å². The highest BCUT2D eigenvalue weighted by molar-refractivity contribution is 6.00. The summed E-state index contributed by atoms with van der Waals surface area (Å²) in [5.74, 6) is -0.526. The van der Waals surface area contributed by atoms with E-state index in [0.717, 1.165) is 12.0 Å². The number of carbonyl (C=O) groups is 2. The molecule has 3 rings (SSSR count). The molecule has 1 aromatic carbocycles. The first-order valence-corrected chi connectivity index (χ1v) is 10.8. The van der Waals surface area contributed by atoms with E-state index < -0.39 is 11.0 Å². The van der Waals surface area contributed by atoms with Gasteiger partial charge in [0.05, 0.1) is 12.6 Å². The van der Waals surface area contributed by atoms with Gasteiger partial charge in [0.1, 0.15) is 5.56 Å². The number of carbonyl (C=O) groups excluding carboxylic acids is 2. The molecule has 1 unspecified atom stereocenters. The third-order valence-corrected chi connectivity index (χ3v) is 5.98. The zero-order valence-corrected chi connectivity index (χ0v) is 19.4. The van der Waals surface area contributed by atoms with Crippen LogP contribution in [0.15, 0.2) is 66.9 Å². The van der Waals surface area contributed by atoms with E-state index in [9.17, 15) is 9.59 Å². The van der Waals surface area contributed by atoms with E-state index in [1.807, 2.05) is 36.4 Å². The van der Waals surface area contributed by atoms with Gasteiger partial charge in [-0.3, -0.25) is 15.0 Å². The Bertz CT molecular complexity index is 1040. The van der Waals surface area contributed by atoms with E-state index in [0.29, 0.717) is 12.0 Å². The summed E-state index contributed by atoms with van der Waals surface area (Å²) < 4.78 is 5.33. The minimum Gasteiger partial charge on any atom is -0.480 e. The highest BCUT2D eigenvalue weighted by atomic mass is 16.5. The van der Waals surface area contributed by atoms with Crippen molar-refractivity contribution in [2.75, 3.05) is 7.11 Å². The first-order chi connectivity index (χ1) is 15.2. The van der Waals surface area contributed by atoms with Gasteiger partial charge in [0.15, 0.2) is 0 Å². The van der Waals surface area contributed by atoms with E-state index in [-0.39, 0.29) is 23.3 Å². The topological polar surface area (TPSA) is 71.5 Å². The Morgan fingerprint density at radius 3 is 2.44 bits per heavy atom. The predicted octanol–water partition coefficient (Wildman–Crippen LogP) is 4.74. The third kappa shape index (κ3) is 4.44. The van der Waals surface area contributed by atoms with Crippen LogP contribution in [-0.2, 0) is 6.42 Å². The molecule has 0 saturated carbocycles. The van der Waals surface area contributed by atoms with Gasteiger partial charge in [-0.15, -0.1) is 0 Å². The summed E-state index contributed by atoms with van der Waals surface area (Å²) in [6.45, 7) is 8.23. The molecule has 32 heavy (non-hydrogen) atoms. The van der Waals surface area contributed by atoms with Crippen LogP contribution in [0.1, 0.15) is 60.4 Å². The Kier molecular flexibility index (Phi) is 6.82. The van der Waals surface area contributed by atoms with Crippen molar-refractivity contribution < 1.29 is 14.3 Å². The number of aromatic nitrogens is 1. The molecule has 1 aliphatic rings. The summed E-state index contributed by atoms with van der Waals surface area (Å²) in [5.41, 5.74) is 3.64. The monoisotopic (exact) mass is 433 g/mol. The molecule has 0 saturated heterocycles. The van der Waals surface area contributed by atoms with Crippen molar-refractivity contribution >= 4 is 11.8 Å². The Labute approximate surface area is 190 Å². The number of hydrogen-bond acceptors (Lipinski definition) is 4. The summed E-state index contributed by atoms with van der Waals surface area (Å²) >= 11 is 0. The molecule has 0 bridgehead atoms. The number of allylic oxidation sites excluding steroid dienone is 2. The van der Waals surface area contributed by atoms with Gasteiger partial charge in [0, 0.05) is 11.8 Å². The molecule has 1 N–H and O–H groups in total. The normalized spacial score (nSPS) is 17.7. The second-order valence-electron chi connectivity index (χ2n) is 8.86. The van der Waals surface area contributed by atoms with Crippen LogP contribution in [0, 0.1) is 5.41 Å². The lowest BCUT2D eigenvalue weighted by Crippen LogP contribution is -2.64. The van der Waals surface area contributed by atoms with Crippen molar-refractivity contribution in [3.8, 4) is 5.88 Å². The lowest BCUT2D eigenvalue weighted by molar-refractivity contribution is 0.000604. The first kappa shape index (κ1) is 23.3. The molecular formula is C26H31N3O3. The molecule has 2 amide bonds. The first-order valence-electron chi connectivity index (χ1n) is 10.8. The van der Waals surface area contributed by atoms with E-state index in [4.69, 9.17) is 4.74 Å².